The molecule has 3 aromatic rings. The molecule has 0 saturated carbocycles. The summed E-state index contributed by atoms with van der Waals surface area (Å²) in [6.07, 6.45) is 0.0409. The summed E-state index contributed by atoms with van der Waals surface area (Å²) in [5, 5.41) is 17.2. The highest BCUT2D eigenvalue weighted by molar-refractivity contribution is 5.90. The van der Waals surface area contributed by atoms with Gasteiger partial charge in [0.2, 0.25) is 0 Å². The number of methoxy groups -OCH3 is 1. The Labute approximate surface area is 175 Å². The van der Waals surface area contributed by atoms with Crippen LogP contribution in [-0.2, 0) is 7.05 Å². The Balaban J connectivity index is 1.67. The molecule has 9 heteroatoms. The van der Waals surface area contributed by atoms with Crippen molar-refractivity contribution in [2.75, 3.05) is 12.4 Å². The van der Waals surface area contributed by atoms with Gasteiger partial charge in [0, 0.05) is 18.3 Å². The first-order chi connectivity index (χ1) is 14.4. The molecule has 2 aromatic carbocycles. The van der Waals surface area contributed by atoms with E-state index in [0.717, 1.165) is 11.1 Å². The number of urea groups is 1. The molecule has 0 aliphatic carbocycles. The summed E-state index contributed by atoms with van der Waals surface area (Å²) in [6.45, 7) is 5.81. The number of nitrogens with zero attached hydrogens (tertiary/aromatic N) is 4. The lowest BCUT2D eigenvalue weighted by Gasteiger charge is -2.18. The lowest BCUT2D eigenvalue weighted by molar-refractivity contribution is 0.230. The number of tetrazole rings is 1. The van der Waals surface area contributed by atoms with Crippen molar-refractivity contribution >= 4 is 11.7 Å². The summed E-state index contributed by atoms with van der Waals surface area (Å²) >= 11 is 0. The number of amides is 2. The van der Waals surface area contributed by atoms with E-state index >= 15 is 0 Å². The van der Waals surface area contributed by atoms with Crippen molar-refractivity contribution in [3.05, 3.63) is 48.0 Å². The predicted molar refractivity (Wildman–Crippen MR) is 114 cm³/mol. The number of aryl methyl sites for hydroxylation is 1. The van der Waals surface area contributed by atoms with Crippen molar-refractivity contribution in [2.45, 2.75) is 32.9 Å². The maximum atomic E-state index is 12.5. The second-order valence-corrected chi connectivity index (χ2v) is 7.10. The topological polar surface area (TPSA) is 103 Å². The van der Waals surface area contributed by atoms with Crippen LogP contribution >= 0.6 is 0 Å². The Kier molecular flexibility index (Phi) is 6.51. The molecular formula is C21H26N6O3. The fourth-order valence-electron chi connectivity index (χ4n) is 2.96. The second kappa shape index (κ2) is 9.25. The van der Waals surface area contributed by atoms with Crippen molar-refractivity contribution in [3.8, 4) is 22.9 Å². The van der Waals surface area contributed by atoms with Gasteiger partial charge in [-0.1, -0.05) is 18.2 Å². The number of aromatic nitrogens is 4. The molecule has 0 aliphatic rings. The summed E-state index contributed by atoms with van der Waals surface area (Å²) in [5.74, 6) is 1.91. The molecule has 2 N–H and O–H groups in total. The van der Waals surface area contributed by atoms with E-state index in [4.69, 9.17) is 9.47 Å². The summed E-state index contributed by atoms with van der Waals surface area (Å²) in [6, 6.07) is 12.4. The van der Waals surface area contributed by atoms with Gasteiger partial charge < -0.3 is 20.1 Å². The first kappa shape index (κ1) is 21.1. The largest absolute Gasteiger partial charge is 0.493 e. The fourth-order valence-corrected chi connectivity index (χ4v) is 2.96. The normalized spacial score (nSPS) is 11.8. The second-order valence-electron chi connectivity index (χ2n) is 7.10. The zero-order valence-electron chi connectivity index (χ0n) is 17.7. The molecule has 0 aliphatic heterocycles. The van der Waals surface area contributed by atoms with E-state index in [0.29, 0.717) is 23.0 Å². The Hall–Kier alpha value is -3.62. The number of hydrogen-bond donors (Lipinski definition) is 2. The molecule has 1 atom stereocenters. The van der Waals surface area contributed by atoms with Gasteiger partial charge in [-0.3, -0.25) is 0 Å². The standard InChI is InChI=1S/C21H26N6O3/c1-13(2)30-18-10-9-15(12-19(18)29-5)14(3)22-21(28)23-17-8-6-7-16(11-17)20-24-25-26-27(20)4/h6-14H,1-5H3,(H2,22,23,28). The van der Waals surface area contributed by atoms with Crippen LogP contribution in [0.2, 0.25) is 0 Å². The monoisotopic (exact) mass is 410 g/mol. The molecule has 1 heterocycles. The molecule has 0 radical (unpaired) electrons. The van der Waals surface area contributed by atoms with Crippen LogP contribution in [0.15, 0.2) is 42.5 Å². The molecule has 158 valence electrons. The van der Waals surface area contributed by atoms with Gasteiger partial charge in [0.25, 0.3) is 0 Å². The molecule has 1 aromatic heterocycles. The molecule has 3 rings (SSSR count). The lowest BCUT2D eigenvalue weighted by atomic mass is 10.1. The van der Waals surface area contributed by atoms with E-state index in [2.05, 4.69) is 26.2 Å². The van der Waals surface area contributed by atoms with Gasteiger partial charge in [0.15, 0.2) is 17.3 Å². The van der Waals surface area contributed by atoms with E-state index < -0.39 is 0 Å². The number of carbonyl (C=O) groups is 1. The first-order valence-corrected chi connectivity index (χ1v) is 9.62. The van der Waals surface area contributed by atoms with Gasteiger partial charge in [-0.2, -0.15) is 0 Å². The van der Waals surface area contributed by atoms with Crippen molar-refractivity contribution < 1.29 is 14.3 Å². The summed E-state index contributed by atoms with van der Waals surface area (Å²) in [7, 11) is 3.35. The lowest BCUT2D eigenvalue weighted by Crippen LogP contribution is -2.31. The molecule has 9 nitrogen and oxygen atoms in total. The Bertz CT molecular complexity index is 1020. The number of nitrogens with one attached hydrogen (secondary N) is 2. The number of anilines is 1. The minimum Gasteiger partial charge on any atom is -0.493 e. The number of benzene rings is 2. The van der Waals surface area contributed by atoms with Crippen LogP contribution in [0.25, 0.3) is 11.4 Å². The van der Waals surface area contributed by atoms with Crippen molar-refractivity contribution in [3.63, 3.8) is 0 Å². The van der Waals surface area contributed by atoms with Crippen LogP contribution in [0, 0.1) is 0 Å². The summed E-state index contributed by atoms with van der Waals surface area (Å²) < 4.78 is 12.7. The molecule has 0 fully saturated rings. The quantitative estimate of drug-likeness (QED) is 0.617. The highest BCUT2D eigenvalue weighted by Crippen LogP contribution is 2.31. The number of rotatable bonds is 7. The van der Waals surface area contributed by atoms with Gasteiger partial charge in [-0.25, -0.2) is 9.48 Å². The van der Waals surface area contributed by atoms with E-state index in [1.54, 1.807) is 24.9 Å². The average molecular weight is 410 g/mol. The minimum atomic E-state index is -0.322. The van der Waals surface area contributed by atoms with Crippen LogP contribution < -0.4 is 20.1 Å². The third-order valence-corrected chi connectivity index (χ3v) is 4.40. The van der Waals surface area contributed by atoms with E-state index in [9.17, 15) is 4.79 Å². The van der Waals surface area contributed by atoms with Gasteiger partial charge in [-0.15, -0.1) is 5.10 Å². The zero-order valence-corrected chi connectivity index (χ0v) is 17.7. The third kappa shape index (κ3) is 5.05. The van der Waals surface area contributed by atoms with Crippen molar-refractivity contribution in [1.29, 1.82) is 0 Å². The first-order valence-electron chi connectivity index (χ1n) is 9.62. The van der Waals surface area contributed by atoms with Crippen LogP contribution in [0.1, 0.15) is 32.4 Å². The Morgan fingerprint density at radius 1 is 1.10 bits per heavy atom. The molecule has 0 saturated heterocycles. The van der Waals surface area contributed by atoms with Gasteiger partial charge in [0.1, 0.15) is 0 Å². The van der Waals surface area contributed by atoms with Crippen LogP contribution in [0.5, 0.6) is 11.5 Å². The van der Waals surface area contributed by atoms with Crippen LogP contribution in [-0.4, -0.2) is 39.5 Å². The Morgan fingerprint density at radius 3 is 2.57 bits per heavy atom. The summed E-state index contributed by atoms with van der Waals surface area (Å²) in [5.41, 5.74) is 2.34. The molecule has 30 heavy (non-hydrogen) atoms. The Morgan fingerprint density at radius 2 is 1.90 bits per heavy atom. The fraction of sp³-hybridized carbons (Fsp3) is 0.333. The average Bonchev–Trinajstić information content (AvgIpc) is 3.13. The number of hydrogen-bond acceptors (Lipinski definition) is 6. The van der Waals surface area contributed by atoms with Crippen molar-refractivity contribution in [2.24, 2.45) is 7.05 Å². The van der Waals surface area contributed by atoms with Crippen LogP contribution in [0.3, 0.4) is 0 Å². The van der Waals surface area contributed by atoms with Gasteiger partial charge in [-0.05, 0) is 61.0 Å². The van der Waals surface area contributed by atoms with E-state index in [1.165, 1.54) is 0 Å². The van der Waals surface area contributed by atoms with Gasteiger partial charge >= 0.3 is 6.03 Å². The zero-order chi connectivity index (χ0) is 21.7. The predicted octanol–water partition coefficient (Wildman–Crippen LogP) is 3.56. The molecular weight excluding hydrogens is 384 g/mol. The van der Waals surface area contributed by atoms with Crippen LogP contribution in [0.4, 0.5) is 10.5 Å². The molecule has 0 spiro atoms. The molecule has 0 bridgehead atoms. The highest BCUT2D eigenvalue weighted by Gasteiger charge is 2.14. The van der Waals surface area contributed by atoms with E-state index in [-0.39, 0.29) is 18.2 Å². The smallest absolute Gasteiger partial charge is 0.319 e. The molecule has 1 unspecified atom stereocenters. The maximum absolute atomic E-state index is 12.5. The summed E-state index contributed by atoms with van der Waals surface area (Å²) in [4.78, 5) is 12.5. The maximum Gasteiger partial charge on any atom is 0.319 e. The SMILES string of the molecule is COc1cc(C(C)NC(=O)Nc2cccc(-c3nnnn3C)c2)ccc1OC(C)C. The van der Waals surface area contributed by atoms with Gasteiger partial charge in [0.05, 0.1) is 19.3 Å². The third-order valence-electron chi connectivity index (χ3n) is 4.40. The molecule has 2 amide bonds. The number of ether oxygens (including phenoxy) is 2. The van der Waals surface area contributed by atoms with Crippen molar-refractivity contribution in [1.82, 2.24) is 25.5 Å². The minimum absolute atomic E-state index is 0.0409. The number of carbonyl (C=O) groups excluding carboxylic acids is 1. The van der Waals surface area contributed by atoms with E-state index in [1.807, 2.05) is 57.2 Å². The highest BCUT2D eigenvalue weighted by atomic mass is 16.5.